The highest BCUT2D eigenvalue weighted by atomic mass is 16.5. The Morgan fingerprint density at radius 2 is 1.70 bits per heavy atom. The van der Waals surface area contributed by atoms with Gasteiger partial charge in [0.2, 0.25) is 0 Å². The standard InChI is InChI=1S/C23H26N4O3/c28-22(24-11-6-12-27-13-15-30-16-14-27)23(29)26-21-18-9-4-5-10-19(18)25-20(21)17-7-2-1-3-8-17/h1-5,7-10,25H,6,11-16H2,(H,24,28)(H,26,29). The molecule has 1 saturated heterocycles. The van der Waals surface area contributed by atoms with E-state index >= 15 is 0 Å². The monoisotopic (exact) mass is 406 g/mol. The fourth-order valence-electron chi connectivity index (χ4n) is 3.67. The van der Waals surface area contributed by atoms with Crippen LogP contribution in [0.4, 0.5) is 5.69 Å². The Hall–Kier alpha value is -3.16. The molecular weight excluding hydrogens is 380 g/mol. The van der Waals surface area contributed by atoms with Crippen molar-refractivity contribution in [2.75, 3.05) is 44.7 Å². The molecule has 0 radical (unpaired) electrons. The molecule has 0 aliphatic carbocycles. The summed E-state index contributed by atoms with van der Waals surface area (Å²) in [5, 5.41) is 6.40. The SMILES string of the molecule is O=C(NCCCN1CCOCC1)C(=O)Nc1c(-c2ccccc2)[nH]c2ccccc12. The van der Waals surface area contributed by atoms with Crippen LogP contribution in [0.2, 0.25) is 0 Å². The molecule has 0 atom stereocenters. The number of benzene rings is 2. The first kappa shape index (κ1) is 20.1. The number of ether oxygens (including phenoxy) is 1. The topological polar surface area (TPSA) is 86.5 Å². The largest absolute Gasteiger partial charge is 0.379 e. The Balaban J connectivity index is 1.40. The minimum Gasteiger partial charge on any atom is -0.379 e. The highest BCUT2D eigenvalue weighted by molar-refractivity contribution is 6.40. The third kappa shape index (κ3) is 4.69. The smallest absolute Gasteiger partial charge is 0.313 e. The maximum Gasteiger partial charge on any atom is 0.313 e. The number of morpholine rings is 1. The van der Waals surface area contributed by atoms with Gasteiger partial charge in [-0.15, -0.1) is 0 Å². The van der Waals surface area contributed by atoms with Gasteiger partial charge in [-0.25, -0.2) is 0 Å². The van der Waals surface area contributed by atoms with Gasteiger partial charge in [0.25, 0.3) is 0 Å². The maximum atomic E-state index is 12.6. The van der Waals surface area contributed by atoms with Crippen molar-refractivity contribution in [1.29, 1.82) is 0 Å². The van der Waals surface area contributed by atoms with Crippen LogP contribution in [0.5, 0.6) is 0 Å². The number of amides is 2. The number of aromatic nitrogens is 1. The first-order valence-corrected chi connectivity index (χ1v) is 10.3. The number of aromatic amines is 1. The third-order valence-corrected chi connectivity index (χ3v) is 5.25. The molecule has 0 spiro atoms. The van der Waals surface area contributed by atoms with Gasteiger partial charge in [0, 0.05) is 36.1 Å². The molecule has 30 heavy (non-hydrogen) atoms. The lowest BCUT2D eigenvalue weighted by atomic mass is 10.1. The molecule has 4 rings (SSSR count). The van der Waals surface area contributed by atoms with Crippen LogP contribution in [0.25, 0.3) is 22.2 Å². The second-order valence-corrected chi connectivity index (χ2v) is 7.30. The Labute approximate surface area is 175 Å². The number of rotatable bonds is 6. The maximum absolute atomic E-state index is 12.6. The summed E-state index contributed by atoms with van der Waals surface area (Å²) in [6.07, 6.45) is 0.793. The van der Waals surface area contributed by atoms with Crippen molar-refractivity contribution in [3.63, 3.8) is 0 Å². The highest BCUT2D eigenvalue weighted by Crippen LogP contribution is 2.34. The van der Waals surface area contributed by atoms with Gasteiger partial charge in [0.15, 0.2) is 0 Å². The average molecular weight is 406 g/mol. The molecule has 7 heteroatoms. The van der Waals surface area contributed by atoms with Crippen LogP contribution < -0.4 is 10.6 Å². The summed E-state index contributed by atoms with van der Waals surface area (Å²) in [5.74, 6) is -1.29. The number of para-hydroxylation sites is 1. The minimum atomic E-state index is -0.664. The highest BCUT2D eigenvalue weighted by Gasteiger charge is 2.19. The lowest BCUT2D eigenvalue weighted by molar-refractivity contribution is -0.136. The zero-order valence-electron chi connectivity index (χ0n) is 16.8. The van der Waals surface area contributed by atoms with Crippen molar-refractivity contribution in [1.82, 2.24) is 15.2 Å². The first-order chi connectivity index (χ1) is 14.7. The second kappa shape index (κ2) is 9.56. The predicted molar refractivity (Wildman–Crippen MR) is 117 cm³/mol. The number of hydrogen-bond acceptors (Lipinski definition) is 4. The number of nitrogens with zero attached hydrogens (tertiary/aromatic N) is 1. The van der Waals surface area contributed by atoms with Crippen LogP contribution in [0.15, 0.2) is 54.6 Å². The Morgan fingerprint density at radius 1 is 0.967 bits per heavy atom. The summed E-state index contributed by atoms with van der Waals surface area (Å²) in [7, 11) is 0. The summed E-state index contributed by atoms with van der Waals surface area (Å²) >= 11 is 0. The molecule has 7 nitrogen and oxygen atoms in total. The van der Waals surface area contributed by atoms with Crippen molar-refractivity contribution in [2.45, 2.75) is 6.42 Å². The number of fused-ring (bicyclic) bond motifs is 1. The van der Waals surface area contributed by atoms with Crippen molar-refractivity contribution in [3.05, 3.63) is 54.6 Å². The molecule has 2 heterocycles. The minimum absolute atomic E-state index is 0.461. The lowest BCUT2D eigenvalue weighted by Gasteiger charge is -2.26. The zero-order chi connectivity index (χ0) is 20.8. The van der Waals surface area contributed by atoms with E-state index in [1.54, 1.807) is 0 Å². The van der Waals surface area contributed by atoms with Gasteiger partial charge < -0.3 is 20.4 Å². The predicted octanol–water partition coefficient (Wildman–Crippen LogP) is 2.61. The molecule has 3 N–H and O–H groups in total. The molecule has 0 unspecified atom stereocenters. The van der Waals surface area contributed by atoms with Gasteiger partial charge in [0.05, 0.1) is 24.6 Å². The summed E-state index contributed by atoms with van der Waals surface area (Å²) < 4.78 is 5.33. The van der Waals surface area contributed by atoms with Gasteiger partial charge in [-0.05, 0) is 19.0 Å². The first-order valence-electron chi connectivity index (χ1n) is 10.3. The van der Waals surface area contributed by atoms with E-state index in [9.17, 15) is 9.59 Å². The molecule has 1 fully saturated rings. The summed E-state index contributed by atoms with van der Waals surface area (Å²) in [4.78, 5) is 30.6. The Bertz CT molecular complexity index is 1010. The van der Waals surface area contributed by atoms with Crippen LogP contribution in [-0.4, -0.2) is 61.1 Å². The number of carbonyl (C=O) groups is 2. The van der Waals surface area contributed by atoms with E-state index in [4.69, 9.17) is 4.74 Å². The van der Waals surface area contributed by atoms with E-state index in [1.807, 2.05) is 54.6 Å². The quantitative estimate of drug-likeness (QED) is 0.434. The fraction of sp³-hybridized carbons (Fsp3) is 0.304. The molecule has 2 amide bonds. The average Bonchev–Trinajstić information content (AvgIpc) is 3.16. The van der Waals surface area contributed by atoms with Crippen molar-refractivity contribution in [3.8, 4) is 11.3 Å². The van der Waals surface area contributed by atoms with Crippen LogP contribution in [0, 0.1) is 0 Å². The van der Waals surface area contributed by atoms with E-state index in [2.05, 4.69) is 20.5 Å². The number of anilines is 1. The van der Waals surface area contributed by atoms with Gasteiger partial charge in [-0.3, -0.25) is 14.5 Å². The normalized spacial score (nSPS) is 14.5. The van der Waals surface area contributed by atoms with Crippen LogP contribution in [0.1, 0.15) is 6.42 Å². The Kier molecular flexibility index (Phi) is 6.41. The van der Waals surface area contributed by atoms with Crippen molar-refractivity contribution in [2.24, 2.45) is 0 Å². The lowest BCUT2D eigenvalue weighted by Crippen LogP contribution is -2.39. The Morgan fingerprint density at radius 3 is 2.50 bits per heavy atom. The number of carbonyl (C=O) groups excluding carboxylic acids is 2. The van der Waals surface area contributed by atoms with Gasteiger partial charge >= 0.3 is 11.8 Å². The number of hydrogen-bond donors (Lipinski definition) is 3. The van der Waals surface area contributed by atoms with E-state index in [-0.39, 0.29) is 0 Å². The molecule has 156 valence electrons. The molecule has 1 aliphatic rings. The molecule has 2 aromatic carbocycles. The van der Waals surface area contributed by atoms with Crippen LogP contribution in [0.3, 0.4) is 0 Å². The molecule has 1 aromatic heterocycles. The summed E-state index contributed by atoms with van der Waals surface area (Å²) in [6, 6.07) is 17.5. The summed E-state index contributed by atoms with van der Waals surface area (Å²) in [5.41, 5.74) is 3.24. The van der Waals surface area contributed by atoms with Crippen molar-refractivity contribution >= 4 is 28.4 Å². The second-order valence-electron chi connectivity index (χ2n) is 7.30. The van der Waals surface area contributed by atoms with Gasteiger partial charge in [-0.1, -0.05) is 48.5 Å². The van der Waals surface area contributed by atoms with E-state index in [0.717, 1.165) is 61.4 Å². The summed E-state index contributed by atoms with van der Waals surface area (Å²) in [6.45, 7) is 4.68. The van der Waals surface area contributed by atoms with E-state index in [1.165, 1.54) is 0 Å². The third-order valence-electron chi connectivity index (χ3n) is 5.25. The van der Waals surface area contributed by atoms with Gasteiger partial charge in [0.1, 0.15) is 0 Å². The van der Waals surface area contributed by atoms with Crippen LogP contribution in [-0.2, 0) is 14.3 Å². The molecule has 3 aromatic rings. The molecule has 0 saturated carbocycles. The van der Waals surface area contributed by atoms with E-state index < -0.39 is 11.8 Å². The fourth-order valence-corrected chi connectivity index (χ4v) is 3.67. The molecular formula is C23H26N4O3. The number of H-pyrrole nitrogens is 1. The van der Waals surface area contributed by atoms with E-state index in [0.29, 0.717) is 12.2 Å². The van der Waals surface area contributed by atoms with Gasteiger partial charge in [-0.2, -0.15) is 0 Å². The van der Waals surface area contributed by atoms with Crippen LogP contribution >= 0.6 is 0 Å². The molecule has 1 aliphatic heterocycles. The molecule has 0 bridgehead atoms. The zero-order valence-corrected chi connectivity index (χ0v) is 16.8. The van der Waals surface area contributed by atoms with Crippen molar-refractivity contribution < 1.29 is 14.3 Å². The number of nitrogens with one attached hydrogen (secondary N) is 3.